The summed E-state index contributed by atoms with van der Waals surface area (Å²) in [4.78, 5) is 0. The van der Waals surface area contributed by atoms with E-state index in [0.717, 1.165) is 12.8 Å². The minimum atomic E-state index is 0.00481. The molecule has 0 radical (unpaired) electrons. The minimum Gasteiger partial charge on any atom is -0.323 e. The van der Waals surface area contributed by atoms with E-state index in [1.807, 2.05) is 30.4 Å². The molecule has 0 aromatic heterocycles. The van der Waals surface area contributed by atoms with E-state index in [1.165, 1.54) is 5.56 Å². The second-order valence-corrected chi connectivity index (χ2v) is 4.53. The quantitative estimate of drug-likeness (QED) is 0.717. The maximum absolute atomic E-state index is 6.35. The van der Waals surface area contributed by atoms with Gasteiger partial charge in [0, 0.05) is 6.04 Å². The molecule has 0 spiro atoms. The van der Waals surface area contributed by atoms with Crippen LogP contribution in [0, 0.1) is 5.41 Å². The summed E-state index contributed by atoms with van der Waals surface area (Å²) in [5, 5.41) is 0. The first-order chi connectivity index (χ1) is 7.64. The van der Waals surface area contributed by atoms with Gasteiger partial charge in [-0.1, -0.05) is 49.4 Å². The molecule has 1 unspecified atom stereocenters. The van der Waals surface area contributed by atoms with Gasteiger partial charge in [-0.05, 0) is 23.8 Å². The van der Waals surface area contributed by atoms with Gasteiger partial charge >= 0.3 is 0 Å². The van der Waals surface area contributed by atoms with Crippen LogP contribution in [0.2, 0.25) is 0 Å². The van der Waals surface area contributed by atoms with E-state index in [-0.39, 0.29) is 11.5 Å². The molecule has 0 bridgehead atoms. The van der Waals surface area contributed by atoms with Crippen molar-refractivity contribution in [1.82, 2.24) is 0 Å². The summed E-state index contributed by atoms with van der Waals surface area (Å²) in [5.41, 5.74) is 7.53. The average Bonchev–Trinajstić information content (AvgIpc) is 2.30. The van der Waals surface area contributed by atoms with Crippen molar-refractivity contribution in [2.45, 2.75) is 25.8 Å². The molecule has 1 rings (SSSR count). The Morgan fingerprint density at radius 3 is 2.12 bits per heavy atom. The molecule has 86 valence electrons. The van der Waals surface area contributed by atoms with Crippen molar-refractivity contribution in [3.05, 3.63) is 61.2 Å². The highest BCUT2D eigenvalue weighted by Gasteiger charge is 2.30. The van der Waals surface area contributed by atoms with E-state index in [2.05, 4.69) is 32.2 Å². The maximum Gasteiger partial charge on any atom is 0.0355 e. The highest BCUT2D eigenvalue weighted by atomic mass is 14.7. The lowest BCUT2D eigenvalue weighted by Gasteiger charge is -2.34. The second kappa shape index (κ2) is 5.66. The summed E-state index contributed by atoms with van der Waals surface area (Å²) in [6.45, 7) is 9.82. The van der Waals surface area contributed by atoms with Crippen molar-refractivity contribution >= 4 is 0 Å². The molecule has 1 aromatic rings. The van der Waals surface area contributed by atoms with Crippen molar-refractivity contribution in [3.63, 3.8) is 0 Å². The molecule has 0 aliphatic carbocycles. The summed E-state index contributed by atoms with van der Waals surface area (Å²) in [5.74, 6) is 0. The third-order valence-corrected chi connectivity index (χ3v) is 3.13. The van der Waals surface area contributed by atoms with Gasteiger partial charge in [-0.2, -0.15) is 0 Å². The average molecular weight is 215 g/mol. The fourth-order valence-electron chi connectivity index (χ4n) is 2.06. The Balaban J connectivity index is 2.94. The molecule has 2 N–H and O–H groups in total. The number of benzene rings is 1. The zero-order valence-electron chi connectivity index (χ0n) is 10.0. The number of allylic oxidation sites excluding steroid dienone is 2. The molecule has 0 fully saturated rings. The van der Waals surface area contributed by atoms with Gasteiger partial charge in [-0.15, -0.1) is 13.2 Å². The topological polar surface area (TPSA) is 26.0 Å². The third-order valence-electron chi connectivity index (χ3n) is 3.13. The fraction of sp³-hybridized carbons (Fsp3) is 0.333. The number of hydrogen-bond donors (Lipinski definition) is 1. The zero-order valence-corrected chi connectivity index (χ0v) is 10.0. The molecule has 1 heteroatoms. The SMILES string of the molecule is C=CCC(C)(CC=C)C(N)c1ccccc1. The largest absolute Gasteiger partial charge is 0.323 e. The number of nitrogens with two attached hydrogens (primary N) is 1. The van der Waals surface area contributed by atoms with Gasteiger partial charge in [-0.3, -0.25) is 0 Å². The van der Waals surface area contributed by atoms with Crippen molar-refractivity contribution in [2.75, 3.05) is 0 Å². The van der Waals surface area contributed by atoms with Gasteiger partial charge in [-0.25, -0.2) is 0 Å². The first kappa shape index (κ1) is 12.7. The number of rotatable bonds is 6. The predicted octanol–water partition coefficient (Wildman–Crippen LogP) is 3.84. The van der Waals surface area contributed by atoms with Gasteiger partial charge in [0.25, 0.3) is 0 Å². The van der Waals surface area contributed by atoms with Crippen LogP contribution in [0.3, 0.4) is 0 Å². The van der Waals surface area contributed by atoms with Crippen LogP contribution in [0.1, 0.15) is 31.4 Å². The highest BCUT2D eigenvalue weighted by molar-refractivity contribution is 5.21. The first-order valence-electron chi connectivity index (χ1n) is 5.66. The van der Waals surface area contributed by atoms with Crippen molar-refractivity contribution in [3.8, 4) is 0 Å². The standard InChI is InChI=1S/C15H21N/c1-4-11-15(3,12-5-2)14(16)13-9-7-6-8-10-13/h4-10,14H,1-2,11-12,16H2,3H3. The van der Waals surface area contributed by atoms with Gasteiger partial charge in [0.15, 0.2) is 0 Å². The first-order valence-corrected chi connectivity index (χ1v) is 5.66. The molecular formula is C15H21N. The molecule has 0 saturated carbocycles. The molecule has 1 atom stereocenters. The van der Waals surface area contributed by atoms with E-state index in [9.17, 15) is 0 Å². The van der Waals surface area contributed by atoms with Crippen molar-refractivity contribution in [2.24, 2.45) is 11.1 Å². The Morgan fingerprint density at radius 1 is 1.19 bits per heavy atom. The molecule has 16 heavy (non-hydrogen) atoms. The van der Waals surface area contributed by atoms with E-state index < -0.39 is 0 Å². The summed E-state index contributed by atoms with van der Waals surface area (Å²) in [6, 6.07) is 10.2. The summed E-state index contributed by atoms with van der Waals surface area (Å²) >= 11 is 0. The second-order valence-electron chi connectivity index (χ2n) is 4.53. The normalized spacial score (nSPS) is 13.1. The zero-order chi connectivity index (χ0) is 12.0. The van der Waals surface area contributed by atoms with Crippen LogP contribution >= 0.6 is 0 Å². The molecule has 0 aliphatic heterocycles. The van der Waals surface area contributed by atoms with Crippen LogP contribution in [0.4, 0.5) is 0 Å². The van der Waals surface area contributed by atoms with E-state index in [4.69, 9.17) is 5.73 Å². The Hall–Kier alpha value is -1.34. The van der Waals surface area contributed by atoms with Crippen LogP contribution in [0.25, 0.3) is 0 Å². The Labute approximate surface area is 98.7 Å². The van der Waals surface area contributed by atoms with E-state index in [0.29, 0.717) is 0 Å². The summed E-state index contributed by atoms with van der Waals surface area (Å²) in [7, 11) is 0. The highest BCUT2D eigenvalue weighted by Crippen LogP contribution is 2.38. The lowest BCUT2D eigenvalue weighted by molar-refractivity contribution is 0.262. The Morgan fingerprint density at radius 2 is 1.69 bits per heavy atom. The molecule has 1 nitrogen and oxygen atoms in total. The molecular weight excluding hydrogens is 194 g/mol. The molecule has 1 aromatic carbocycles. The monoisotopic (exact) mass is 215 g/mol. The van der Waals surface area contributed by atoms with Crippen LogP contribution in [0.5, 0.6) is 0 Å². The van der Waals surface area contributed by atoms with Crippen LogP contribution in [-0.4, -0.2) is 0 Å². The molecule has 0 saturated heterocycles. The van der Waals surface area contributed by atoms with Gasteiger partial charge in [0.1, 0.15) is 0 Å². The van der Waals surface area contributed by atoms with E-state index in [1.54, 1.807) is 0 Å². The molecule has 0 amide bonds. The smallest absolute Gasteiger partial charge is 0.0355 e. The molecule has 0 aliphatic rings. The lowest BCUT2D eigenvalue weighted by atomic mass is 9.74. The van der Waals surface area contributed by atoms with Crippen LogP contribution in [-0.2, 0) is 0 Å². The minimum absolute atomic E-state index is 0.00481. The van der Waals surface area contributed by atoms with Crippen LogP contribution in [0.15, 0.2) is 55.6 Å². The van der Waals surface area contributed by atoms with Crippen LogP contribution < -0.4 is 5.73 Å². The predicted molar refractivity (Wildman–Crippen MR) is 71.1 cm³/mol. The Bertz CT molecular complexity index is 330. The third kappa shape index (κ3) is 2.83. The fourth-order valence-corrected chi connectivity index (χ4v) is 2.06. The summed E-state index contributed by atoms with van der Waals surface area (Å²) in [6.07, 6.45) is 5.67. The van der Waals surface area contributed by atoms with Crippen molar-refractivity contribution < 1.29 is 0 Å². The van der Waals surface area contributed by atoms with Gasteiger partial charge < -0.3 is 5.73 Å². The summed E-state index contributed by atoms with van der Waals surface area (Å²) < 4.78 is 0. The van der Waals surface area contributed by atoms with Gasteiger partial charge in [0.2, 0.25) is 0 Å². The van der Waals surface area contributed by atoms with Crippen molar-refractivity contribution in [1.29, 1.82) is 0 Å². The lowest BCUT2D eigenvalue weighted by Crippen LogP contribution is -2.31. The van der Waals surface area contributed by atoms with Gasteiger partial charge in [0.05, 0.1) is 0 Å². The maximum atomic E-state index is 6.35. The number of hydrogen-bond acceptors (Lipinski definition) is 1. The Kier molecular flexibility index (Phi) is 4.51. The molecule has 0 heterocycles. The van der Waals surface area contributed by atoms with E-state index >= 15 is 0 Å².